The number of carbonyl (C=O) groups excluding carboxylic acids is 2. The molecule has 2 heterocycles. The molecule has 1 saturated heterocycles. The van der Waals surface area contributed by atoms with Crippen molar-refractivity contribution in [2.45, 2.75) is 38.3 Å². The lowest BCUT2D eigenvalue weighted by atomic mass is 9.89. The van der Waals surface area contributed by atoms with Crippen LogP contribution in [0.5, 0.6) is 0 Å². The van der Waals surface area contributed by atoms with Crippen LogP contribution in [0.4, 0.5) is 4.79 Å². The van der Waals surface area contributed by atoms with Crippen LogP contribution in [0.15, 0.2) is 36.5 Å². The lowest BCUT2D eigenvalue weighted by Crippen LogP contribution is -2.40. The van der Waals surface area contributed by atoms with E-state index >= 15 is 0 Å². The molecule has 3 amide bonds. The van der Waals surface area contributed by atoms with Gasteiger partial charge in [-0.2, -0.15) is 0 Å². The van der Waals surface area contributed by atoms with Crippen LogP contribution in [-0.2, 0) is 29.7 Å². The van der Waals surface area contributed by atoms with Crippen molar-refractivity contribution in [1.29, 1.82) is 0 Å². The number of amides is 3. The van der Waals surface area contributed by atoms with Crippen molar-refractivity contribution in [2.24, 2.45) is 0 Å². The molecule has 2 aliphatic rings. The summed E-state index contributed by atoms with van der Waals surface area (Å²) >= 11 is 5.89. The molecule has 25 heavy (non-hydrogen) atoms. The molecule has 0 spiro atoms. The summed E-state index contributed by atoms with van der Waals surface area (Å²) in [6.45, 7) is 1.94. The van der Waals surface area contributed by atoms with Crippen molar-refractivity contribution in [1.82, 2.24) is 15.2 Å². The number of aromatic nitrogens is 1. The lowest BCUT2D eigenvalue weighted by Gasteiger charge is -2.23. The Bertz CT molecular complexity index is 883. The van der Waals surface area contributed by atoms with Gasteiger partial charge in [0.05, 0.1) is 6.54 Å². The van der Waals surface area contributed by atoms with Crippen LogP contribution in [0.2, 0.25) is 5.15 Å². The largest absolute Gasteiger partial charge is 0.325 e. The Morgan fingerprint density at radius 2 is 2.00 bits per heavy atom. The zero-order valence-corrected chi connectivity index (χ0v) is 14.6. The minimum Gasteiger partial charge on any atom is -0.319 e. The minimum atomic E-state index is -1.04. The maximum atomic E-state index is 13.0. The third kappa shape index (κ3) is 2.68. The summed E-state index contributed by atoms with van der Waals surface area (Å²) in [5.74, 6) is -0.247. The van der Waals surface area contributed by atoms with Crippen molar-refractivity contribution < 1.29 is 9.59 Å². The number of benzene rings is 1. The average Bonchev–Trinajstić information content (AvgIpc) is 3.13. The van der Waals surface area contributed by atoms with Gasteiger partial charge in [-0.1, -0.05) is 29.8 Å². The van der Waals surface area contributed by atoms with E-state index in [2.05, 4.69) is 22.4 Å². The Balaban J connectivity index is 1.63. The Labute approximate surface area is 151 Å². The molecule has 0 radical (unpaired) electrons. The van der Waals surface area contributed by atoms with Crippen LogP contribution < -0.4 is 5.32 Å². The smallest absolute Gasteiger partial charge is 0.319 e. The van der Waals surface area contributed by atoms with Crippen LogP contribution in [0.1, 0.15) is 35.6 Å². The van der Waals surface area contributed by atoms with E-state index in [1.807, 2.05) is 6.07 Å². The second-order valence-electron chi connectivity index (χ2n) is 6.77. The lowest BCUT2D eigenvalue weighted by molar-refractivity contribution is -0.131. The van der Waals surface area contributed by atoms with Crippen molar-refractivity contribution in [3.05, 3.63) is 63.9 Å². The maximum absolute atomic E-state index is 13.0. The van der Waals surface area contributed by atoms with Gasteiger partial charge in [0.1, 0.15) is 10.7 Å². The molecule has 4 rings (SSSR count). The summed E-state index contributed by atoms with van der Waals surface area (Å²) in [5.41, 5.74) is 3.18. The number of hydrogen-bond acceptors (Lipinski definition) is 3. The Morgan fingerprint density at radius 3 is 2.80 bits per heavy atom. The zero-order chi connectivity index (χ0) is 17.6. The predicted molar refractivity (Wildman–Crippen MR) is 94.1 cm³/mol. The molecule has 0 saturated carbocycles. The first-order valence-electron chi connectivity index (χ1n) is 8.34. The SMILES string of the molecule is C[C@@]1(c2ccc3c(c2)CCC3)NC(=O)N(Cc2ccnc(Cl)c2)C1=O. The number of carbonyl (C=O) groups is 2. The monoisotopic (exact) mass is 355 g/mol. The highest BCUT2D eigenvalue weighted by atomic mass is 35.5. The molecule has 1 aliphatic carbocycles. The van der Waals surface area contributed by atoms with Gasteiger partial charge < -0.3 is 5.32 Å². The molecular formula is C19H18ClN3O2. The second kappa shape index (κ2) is 5.85. The third-order valence-corrected chi connectivity index (χ3v) is 5.29. The van der Waals surface area contributed by atoms with E-state index in [1.54, 1.807) is 25.3 Å². The highest BCUT2D eigenvalue weighted by Gasteiger charge is 2.49. The molecule has 1 aliphatic heterocycles. The van der Waals surface area contributed by atoms with Crippen LogP contribution >= 0.6 is 11.6 Å². The number of nitrogens with one attached hydrogen (secondary N) is 1. The van der Waals surface area contributed by atoms with Crippen molar-refractivity contribution in [3.63, 3.8) is 0 Å². The standard InChI is InChI=1S/C19H18ClN3O2/c1-19(15-6-5-13-3-2-4-14(13)10-15)17(24)23(18(25)22-19)11-12-7-8-21-16(20)9-12/h5-10H,2-4,11H2,1H3,(H,22,25)/t19-/m0/s1. The molecule has 1 aromatic carbocycles. The summed E-state index contributed by atoms with van der Waals surface area (Å²) in [6, 6.07) is 9.11. The Hall–Kier alpha value is -2.40. The van der Waals surface area contributed by atoms with Gasteiger partial charge >= 0.3 is 6.03 Å². The van der Waals surface area contributed by atoms with E-state index in [0.717, 1.165) is 30.4 Å². The number of halogens is 1. The highest BCUT2D eigenvalue weighted by Crippen LogP contribution is 2.33. The summed E-state index contributed by atoms with van der Waals surface area (Å²) in [7, 11) is 0. The number of nitrogens with zero attached hydrogens (tertiary/aromatic N) is 2. The summed E-state index contributed by atoms with van der Waals surface area (Å²) < 4.78 is 0. The first-order valence-corrected chi connectivity index (χ1v) is 8.72. The molecule has 5 nitrogen and oxygen atoms in total. The quantitative estimate of drug-likeness (QED) is 0.679. The number of hydrogen-bond donors (Lipinski definition) is 1. The van der Waals surface area contributed by atoms with Crippen LogP contribution in [0, 0.1) is 0 Å². The fourth-order valence-electron chi connectivity index (χ4n) is 3.64. The first-order chi connectivity index (χ1) is 12.0. The van der Waals surface area contributed by atoms with E-state index in [4.69, 9.17) is 11.6 Å². The molecule has 1 fully saturated rings. The Kier molecular flexibility index (Phi) is 3.76. The fraction of sp³-hybridized carbons (Fsp3) is 0.316. The molecule has 1 N–H and O–H groups in total. The van der Waals surface area contributed by atoms with E-state index in [1.165, 1.54) is 16.0 Å². The predicted octanol–water partition coefficient (Wildman–Crippen LogP) is 3.19. The molecular weight excluding hydrogens is 338 g/mol. The third-order valence-electron chi connectivity index (χ3n) is 5.08. The zero-order valence-electron chi connectivity index (χ0n) is 13.9. The highest BCUT2D eigenvalue weighted by molar-refractivity contribution is 6.29. The number of pyridine rings is 1. The molecule has 1 aromatic heterocycles. The van der Waals surface area contributed by atoms with Gasteiger partial charge in [0.25, 0.3) is 5.91 Å². The molecule has 1 atom stereocenters. The van der Waals surface area contributed by atoms with Gasteiger partial charge in [-0.05, 0) is 60.6 Å². The van der Waals surface area contributed by atoms with Gasteiger partial charge in [-0.15, -0.1) is 0 Å². The topological polar surface area (TPSA) is 62.3 Å². The molecule has 0 bridgehead atoms. The number of aryl methyl sites for hydroxylation is 2. The number of urea groups is 1. The van der Waals surface area contributed by atoms with E-state index in [9.17, 15) is 9.59 Å². The van der Waals surface area contributed by atoms with E-state index < -0.39 is 5.54 Å². The maximum Gasteiger partial charge on any atom is 0.325 e. The average molecular weight is 356 g/mol. The fourth-order valence-corrected chi connectivity index (χ4v) is 3.84. The van der Waals surface area contributed by atoms with Crippen molar-refractivity contribution >= 4 is 23.5 Å². The normalized spacial score (nSPS) is 22.2. The van der Waals surface area contributed by atoms with E-state index in [0.29, 0.717) is 5.15 Å². The summed E-state index contributed by atoms with van der Waals surface area (Å²) in [4.78, 5) is 30.6. The van der Waals surface area contributed by atoms with E-state index in [-0.39, 0.29) is 18.5 Å². The summed E-state index contributed by atoms with van der Waals surface area (Å²) in [5, 5.41) is 3.20. The van der Waals surface area contributed by atoms with Gasteiger partial charge in [0.2, 0.25) is 0 Å². The molecule has 0 unspecified atom stereocenters. The molecule has 2 aromatic rings. The van der Waals surface area contributed by atoms with Crippen LogP contribution in [-0.4, -0.2) is 21.8 Å². The van der Waals surface area contributed by atoms with Gasteiger partial charge in [0.15, 0.2) is 0 Å². The minimum absolute atomic E-state index is 0.174. The molecule has 128 valence electrons. The number of fused-ring (bicyclic) bond motifs is 1. The second-order valence-corrected chi connectivity index (χ2v) is 7.16. The molecule has 6 heteroatoms. The van der Waals surface area contributed by atoms with Gasteiger partial charge in [0, 0.05) is 6.20 Å². The van der Waals surface area contributed by atoms with Crippen LogP contribution in [0.25, 0.3) is 0 Å². The number of imide groups is 1. The Morgan fingerprint density at radius 1 is 1.20 bits per heavy atom. The van der Waals surface area contributed by atoms with Crippen LogP contribution in [0.3, 0.4) is 0 Å². The van der Waals surface area contributed by atoms with Gasteiger partial charge in [-0.25, -0.2) is 9.78 Å². The summed E-state index contributed by atoms with van der Waals surface area (Å²) in [6.07, 6.45) is 4.82. The van der Waals surface area contributed by atoms with Crippen molar-refractivity contribution in [3.8, 4) is 0 Å². The van der Waals surface area contributed by atoms with Crippen molar-refractivity contribution in [2.75, 3.05) is 0 Å². The first kappa shape index (κ1) is 16.1. The number of rotatable bonds is 3. The van der Waals surface area contributed by atoms with Gasteiger partial charge in [-0.3, -0.25) is 9.69 Å².